The van der Waals surface area contributed by atoms with Gasteiger partial charge < -0.3 is 5.73 Å². The highest BCUT2D eigenvalue weighted by molar-refractivity contribution is 7.12. The Kier molecular flexibility index (Phi) is 2.59. The van der Waals surface area contributed by atoms with E-state index in [1.807, 2.05) is 11.3 Å². The first-order valence-electron chi connectivity index (χ1n) is 4.25. The lowest BCUT2D eigenvalue weighted by Crippen LogP contribution is -2.07. The summed E-state index contributed by atoms with van der Waals surface area (Å²) in [4.78, 5) is 2.75. The summed E-state index contributed by atoms with van der Waals surface area (Å²) in [5, 5.41) is 0. The van der Waals surface area contributed by atoms with Crippen molar-refractivity contribution in [3.63, 3.8) is 0 Å². The van der Waals surface area contributed by atoms with Gasteiger partial charge in [0.2, 0.25) is 0 Å². The van der Waals surface area contributed by atoms with Gasteiger partial charge in [0, 0.05) is 16.3 Å². The van der Waals surface area contributed by atoms with E-state index in [4.69, 9.17) is 5.73 Å². The smallest absolute Gasteiger partial charge is 0.0276 e. The number of hydrogen-bond donors (Lipinski definition) is 1. The van der Waals surface area contributed by atoms with Crippen molar-refractivity contribution in [2.75, 3.05) is 0 Å². The molecule has 0 saturated heterocycles. The number of aryl methyl sites for hydroxylation is 1. The molecule has 0 spiro atoms. The quantitative estimate of drug-likeness (QED) is 0.712. The van der Waals surface area contributed by atoms with E-state index in [2.05, 4.69) is 33.8 Å². The molecule has 0 unspecified atom stereocenters. The highest BCUT2D eigenvalue weighted by atomic mass is 32.1. The Morgan fingerprint density at radius 2 is 2.00 bits per heavy atom. The predicted octanol–water partition coefficient (Wildman–Crippen LogP) is 2.81. The van der Waals surface area contributed by atoms with Crippen LogP contribution in [0.3, 0.4) is 0 Å². The number of rotatable bonds is 1. The van der Waals surface area contributed by atoms with Gasteiger partial charge in [0.25, 0.3) is 0 Å². The molecule has 1 heterocycles. The molecule has 1 nitrogen and oxygen atoms in total. The fraction of sp³-hybridized carbons (Fsp3) is 0.600. The van der Waals surface area contributed by atoms with Crippen molar-refractivity contribution in [3.8, 4) is 0 Å². The number of hydrogen-bond acceptors (Lipinski definition) is 2. The first-order chi connectivity index (χ1) is 5.45. The van der Waals surface area contributed by atoms with Gasteiger partial charge >= 0.3 is 0 Å². The Morgan fingerprint density at radius 3 is 2.25 bits per heavy atom. The fourth-order valence-electron chi connectivity index (χ4n) is 1.09. The van der Waals surface area contributed by atoms with E-state index in [0.29, 0.717) is 6.54 Å². The van der Waals surface area contributed by atoms with Crippen LogP contribution in [0.25, 0.3) is 0 Å². The normalized spacial score (nSPS) is 12.1. The molecule has 2 N–H and O–H groups in total. The molecule has 0 radical (unpaired) electrons. The molecule has 68 valence electrons. The molecule has 1 aromatic heterocycles. The average Bonchev–Trinajstić information content (AvgIpc) is 2.29. The first kappa shape index (κ1) is 9.75. The molecule has 0 saturated carbocycles. The van der Waals surface area contributed by atoms with Crippen LogP contribution in [0.4, 0.5) is 0 Å². The van der Waals surface area contributed by atoms with Crippen molar-refractivity contribution in [2.24, 2.45) is 5.73 Å². The molecule has 1 aromatic rings. The predicted molar refractivity (Wildman–Crippen MR) is 55.6 cm³/mol. The van der Waals surface area contributed by atoms with Gasteiger partial charge in [0.15, 0.2) is 0 Å². The maximum atomic E-state index is 5.62. The second-order valence-corrected chi connectivity index (χ2v) is 5.31. The topological polar surface area (TPSA) is 26.0 Å². The Hall–Kier alpha value is -0.340. The van der Waals surface area contributed by atoms with Gasteiger partial charge in [-0.2, -0.15) is 0 Å². The van der Waals surface area contributed by atoms with Crippen molar-refractivity contribution >= 4 is 11.3 Å². The SMILES string of the molecule is Cc1cc(C(C)(C)C)sc1CN. The monoisotopic (exact) mass is 183 g/mol. The molecular weight excluding hydrogens is 166 g/mol. The van der Waals surface area contributed by atoms with Crippen LogP contribution in [-0.2, 0) is 12.0 Å². The Balaban J connectivity index is 3.05. The maximum Gasteiger partial charge on any atom is 0.0276 e. The number of nitrogens with two attached hydrogens (primary N) is 1. The summed E-state index contributed by atoms with van der Waals surface area (Å²) in [6.45, 7) is 9.51. The molecule has 0 bridgehead atoms. The van der Waals surface area contributed by atoms with Crippen LogP contribution in [-0.4, -0.2) is 0 Å². The Bertz CT molecular complexity index is 268. The summed E-state index contributed by atoms with van der Waals surface area (Å²) in [6, 6.07) is 2.26. The van der Waals surface area contributed by atoms with Gasteiger partial charge in [-0.15, -0.1) is 11.3 Å². The van der Waals surface area contributed by atoms with Gasteiger partial charge in [-0.25, -0.2) is 0 Å². The molecule has 0 aliphatic carbocycles. The van der Waals surface area contributed by atoms with Crippen molar-refractivity contribution in [2.45, 2.75) is 39.7 Å². The summed E-state index contributed by atoms with van der Waals surface area (Å²) < 4.78 is 0. The molecule has 0 fully saturated rings. The second kappa shape index (κ2) is 3.19. The average molecular weight is 183 g/mol. The highest BCUT2D eigenvalue weighted by Crippen LogP contribution is 2.31. The van der Waals surface area contributed by atoms with Gasteiger partial charge in [-0.3, -0.25) is 0 Å². The molecule has 0 aliphatic rings. The first-order valence-corrected chi connectivity index (χ1v) is 5.06. The molecular formula is C10H17NS. The minimum atomic E-state index is 0.267. The van der Waals surface area contributed by atoms with Crippen LogP contribution in [0.5, 0.6) is 0 Å². The zero-order valence-electron chi connectivity index (χ0n) is 8.27. The molecule has 0 aliphatic heterocycles. The third-order valence-corrected chi connectivity index (χ3v) is 3.63. The van der Waals surface area contributed by atoms with E-state index in [9.17, 15) is 0 Å². The zero-order valence-corrected chi connectivity index (χ0v) is 9.09. The number of thiophene rings is 1. The van der Waals surface area contributed by atoms with Crippen LogP contribution < -0.4 is 5.73 Å². The van der Waals surface area contributed by atoms with Crippen molar-refractivity contribution in [3.05, 3.63) is 21.4 Å². The van der Waals surface area contributed by atoms with E-state index < -0.39 is 0 Å². The summed E-state index contributed by atoms with van der Waals surface area (Å²) in [6.07, 6.45) is 0. The molecule has 1 rings (SSSR count). The summed E-state index contributed by atoms with van der Waals surface area (Å²) >= 11 is 1.84. The minimum Gasteiger partial charge on any atom is -0.326 e. The fourth-order valence-corrected chi connectivity index (χ4v) is 2.20. The Labute approximate surface area is 78.6 Å². The van der Waals surface area contributed by atoms with Crippen molar-refractivity contribution < 1.29 is 0 Å². The molecule has 0 amide bonds. The third kappa shape index (κ3) is 1.87. The standard InChI is InChI=1S/C10H17NS/c1-7-5-9(10(2,3)4)12-8(7)6-11/h5H,6,11H2,1-4H3. The molecule has 12 heavy (non-hydrogen) atoms. The van der Waals surface area contributed by atoms with E-state index >= 15 is 0 Å². The van der Waals surface area contributed by atoms with Gasteiger partial charge in [0.05, 0.1) is 0 Å². The van der Waals surface area contributed by atoms with E-state index in [1.165, 1.54) is 15.3 Å². The van der Waals surface area contributed by atoms with Crippen LogP contribution in [0.2, 0.25) is 0 Å². The van der Waals surface area contributed by atoms with E-state index in [0.717, 1.165) is 0 Å². The van der Waals surface area contributed by atoms with Gasteiger partial charge in [-0.1, -0.05) is 20.8 Å². The zero-order chi connectivity index (χ0) is 9.35. The summed E-state index contributed by atoms with van der Waals surface area (Å²) in [5.74, 6) is 0. The largest absolute Gasteiger partial charge is 0.326 e. The lowest BCUT2D eigenvalue weighted by molar-refractivity contribution is 0.603. The lowest BCUT2D eigenvalue weighted by atomic mass is 9.94. The van der Waals surface area contributed by atoms with Crippen LogP contribution in [0, 0.1) is 6.92 Å². The van der Waals surface area contributed by atoms with Gasteiger partial charge in [-0.05, 0) is 24.0 Å². The highest BCUT2D eigenvalue weighted by Gasteiger charge is 2.17. The van der Waals surface area contributed by atoms with Crippen LogP contribution in [0.15, 0.2) is 6.07 Å². The van der Waals surface area contributed by atoms with Crippen LogP contribution >= 0.6 is 11.3 Å². The molecule has 2 heteroatoms. The maximum absolute atomic E-state index is 5.62. The molecule has 0 atom stereocenters. The summed E-state index contributed by atoms with van der Waals surface area (Å²) in [5.41, 5.74) is 7.22. The van der Waals surface area contributed by atoms with Gasteiger partial charge in [0.1, 0.15) is 0 Å². The Morgan fingerprint density at radius 1 is 1.42 bits per heavy atom. The molecule has 0 aromatic carbocycles. The van der Waals surface area contributed by atoms with E-state index in [-0.39, 0.29) is 5.41 Å². The minimum absolute atomic E-state index is 0.267. The summed E-state index contributed by atoms with van der Waals surface area (Å²) in [7, 11) is 0. The van der Waals surface area contributed by atoms with Crippen LogP contribution in [0.1, 0.15) is 36.1 Å². The lowest BCUT2D eigenvalue weighted by Gasteiger charge is -2.15. The van der Waals surface area contributed by atoms with Crippen molar-refractivity contribution in [1.82, 2.24) is 0 Å². The third-order valence-electron chi connectivity index (χ3n) is 1.95. The van der Waals surface area contributed by atoms with Crippen molar-refractivity contribution in [1.29, 1.82) is 0 Å². The second-order valence-electron chi connectivity index (χ2n) is 4.17. The van der Waals surface area contributed by atoms with E-state index in [1.54, 1.807) is 0 Å².